The molecule has 0 aromatic carbocycles. The number of carbonyl (C=O) groups excluding carboxylic acids is 1. The van der Waals surface area contributed by atoms with E-state index >= 15 is 0 Å². The average molecular weight is 265 g/mol. The fourth-order valence-corrected chi connectivity index (χ4v) is 1.59. The molecule has 0 aliphatic carbocycles. The fourth-order valence-electron chi connectivity index (χ4n) is 1.59. The first kappa shape index (κ1) is 14.9. The number of urea groups is 1. The van der Waals surface area contributed by atoms with Crippen LogP contribution in [0.25, 0.3) is 0 Å². The van der Waals surface area contributed by atoms with Gasteiger partial charge in [0.25, 0.3) is 0 Å². The van der Waals surface area contributed by atoms with Crippen molar-refractivity contribution in [2.45, 2.75) is 26.4 Å². The Hall–Kier alpha value is -2.11. The molecule has 0 bridgehead atoms. The third kappa shape index (κ3) is 4.57. The summed E-state index contributed by atoms with van der Waals surface area (Å²) in [4.78, 5) is 28.3. The van der Waals surface area contributed by atoms with Gasteiger partial charge >= 0.3 is 12.0 Å². The molecular weight excluding hydrogens is 246 g/mol. The molecule has 6 heteroatoms. The summed E-state index contributed by atoms with van der Waals surface area (Å²) in [5, 5.41) is 11.5. The fraction of sp³-hybridized carbons (Fsp3) is 0.462. The highest BCUT2D eigenvalue weighted by molar-refractivity contribution is 5.82. The van der Waals surface area contributed by atoms with E-state index in [1.807, 2.05) is 6.07 Å². The van der Waals surface area contributed by atoms with Gasteiger partial charge in [-0.05, 0) is 17.5 Å². The second kappa shape index (κ2) is 6.72. The van der Waals surface area contributed by atoms with Crippen LogP contribution in [0.2, 0.25) is 0 Å². The largest absolute Gasteiger partial charge is 0.480 e. The predicted molar refractivity (Wildman–Crippen MR) is 70.5 cm³/mol. The van der Waals surface area contributed by atoms with Crippen molar-refractivity contribution in [2.24, 2.45) is 5.92 Å². The minimum absolute atomic E-state index is 0.173. The second-order valence-electron chi connectivity index (χ2n) is 4.73. The van der Waals surface area contributed by atoms with Crippen molar-refractivity contribution < 1.29 is 14.7 Å². The molecule has 0 aliphatic heterocycles. The third-order valence-electron chi connectivity index (χ3n) is 2.70. The Balaban J connectivity index is 2.60. The van der Waals surface area contributed by atoms with Crippen molar-refractivity contribution in [3.8, 4) is 0 Å². The van der Waals surface area contributed by atoms with Crippen LogP contribution in [0, 0.1) is 5.92 Å². The van der Waals surface area contributed by atoms with E-state index in [9.17, 15) is 9.59 Å². The van der Waals surface area contributed by atoms with E-state index in [4.69, 9.17) is 5.11 Å². The van der Waals surface area contributed by atoms with Gasteiger partial charge < -0.3 is 15.3 Å². The molecule has 104 valence electrons. The maximum Gasteiger partial charge on any atom is 0.326 e. The van der Waals surface area contributed by atoms with Gasteiger partial charge in [-0.15, -0.1) is 0 Å². The van der Waals surface area contributed by atoms with E-state index in [1.165, 1.54) is 4.90 Å². The van der Waals surface area contributed by atoms with Crippen LogP contribution in [0.4, 0.5) is 4.79 Å². The molecule has 2 amide bonds. The standard InChI is InChI=1S/C13H19N3O3/c1-9(2)11(12(17)18)15-13(19)16(3)8-10-5-4-6-14-7-10/h4-7,9,11H,8H2,1-3H3,(H,15,19)(H,17,18)/t11-/m0/s1. The highest BCUT2D eigenvalue weighted by atomic mass is 16.4. The number of nitrogens with zero attached hydrogens (tertiary/aromatic N) is 2. The molecule has 0 fully saturated rings. The van der Waals surface area contributed by atoms with Crippen LogP contribution in [-0.4, -0.2) is 40.1 Å². The summed E-state index contributed by atoms with van der Waals surface area (Å²) in [6, 6.07) is 2.34. The van der Waals surface area contributed by atoms with Crippen LogP contribution in [0.3, 0.4) is 0 Å². The van der Waals surface area contributed by atoms with Crippen molar-refractivity contribution in [2.75, 3.05) is 7.05 Å². The van der Waals surface area contributed by atoms with Gasteiger partial charge in [-0.3, -0.25) is 4.98 Å². The van der Waals surface area contributed by atoms with Crippen molar-refractivity contribution >= 4 is 12.0 Å². The molecule has 0 unspecified atom stereocenters. The molecule has 6 nitrogen and oxygen atoms in total. The SMILES string of the molecule is CC(C)[C@H](NC(=O)N(C)Cc1cccnc1)C(=O)O. The van der Waals surface area contributed by atoms with Gasteiger partial charge in [-0.2, -0.15) is 0 Å². The number of hydrogen-bond donors (Lipinski definition) is 2. The van der Waals surface area contributed by atoms with E-state index in [1.54, 1.807) is 39.4 Å². The molecule has 1 aromatic heterocycles. The Kier molecular flexibility index (Phi) is 5.29. The first-order valence-electron chi connectivity index (χ1n) is 6.05. The Bertz CT molecular complexity index is 434. The summed E-state index contributed by atoms with van der Waals surface area (Å²) < 4.78 is 0. The second-order valence-corrected chi connectivity index (χ2v) is 4.73. The Morgan fingerprint density at radius 2 is 2.16 bits per heavy atom. The number of rotatable bonds is 5. The van der Waals surface area contributed by atoms with Gasteiger partial charge in [-0.1, -0.05) is 19.9 Å². The Morgan fingerprint density at radius 3 is 2.63 bits per heavy atom. The maximum atomic E-state index is 11.9. The smallest absolute Gasteiger partial charge is 0.326 e. The number of carboxylic acid groups (broad SMARTS) is 1. The molecule has 1 aromatic rings. The first-order valence-corrected chi connectivity index (χ1v) is 6.05. The van der Waals surface area contributed by atoms with Crippen molar-refractivity contribution in [1.29, 1.82) is 0 Å². The first-order chi connectivity index (χ1) is 8.91. The molecule has 1 heterocycles. The van der Waals surface area contributed by atoms with Crippen LogP contribution in [0.1, 0.15) is 19.4 Å². The summed E-state index contributed by atoms with van der Waals surface area (Å²) in [6.45, 7) is 3.88. The molecule has 1 atom stereocenters. The predicted octanol–water partition coefficient (Wildman–Crippen LogP) is 1.33. The van der Waals surface area contributed by atoms with Crippen molar-refractivity contribution in [3.63, 3.8) is 0 Å². The Labute approximate surface area is 112 Å². The van der Waals surface area contributed by atoms with E-state index in [2.05, 4.69) is 10.3 Å². The van der Waals surface area contributed by atoms with Crippen molar-refractivity contribution in [3.05, 3.63) is 30.1 Å². The van der Waals surface area contributed by atoms with Gasteiger partial charge in [0.05, 0.1) is 0 Å². The number of pyridine rings is 1. The molecule has 0 saturated carbocycles. The lowest BCUT2D eigenvalue weighted by molar-refractivity contribution is -0.140. The molecule has 2 N–H and O–H groups in total. The summed E-state index contributed by atoms with van der Waals surface area (Å²) in [7, 11) is 1.61. The van der Waals surface area contributed by atoms with Gasteiger partial charge in [-0.25, -0.2) is 9.59 Å². The minimum atomic E-state index is -1.03. The normalized spacial score (nSPS) is 12.0. The minimum Gasteiger partial charge on any atom is -0.480 e. The van der Waals surface area contributed by atoms with Crippen LogP contribution in [0.15, 0.2) is 24.5 Å². The van der Waals surface area contributed by atoms with E-state index in [0.717, 1.165) is 5.56 Å². The molecule has 0 saturated heterocycles. The van der Waals surface area contributed by atoms with Gasteiger partial charge in [0.15, 0.2) is 0 Å². The quantitative estimate of drug-likeness (QED) is 0.841. The summed E-state index contributed by atoms with van der Waals surface area (Å²) in [5.74, 6) is -1.20. The van der Waals surface area contributed by atoms with Crippen LogP contribution < -0.4 is 5.32 Å². The third-order valence-corrected chi connectivity index (χ3v) is 2.70. The van der Waals surface area contributed by atoms with E-state index in [-0.39, 0.29) is 5.92 Å². The van der Waals surface area contributed by atoms with E-state index < -0.39 is 18.0 Å². The molecule has 19 heavy (non-hydrogen) atoms. The van der Waals surface area contributed by atoms with Crippen LogP contribution >= 0.6 is 0 Å². The van der Waals surface area contributed by atoms with E-state index in [0.29, 0.717) is 6.54 Å². The number of aliphatic carboxylic acids is 1. The average Bonchev–Trinajstić information content (AvgIpc) is 2.35. The number of hydrogen-bond acceptors (Lipinski definition) is 3. The lowest BCUT2D eigenvalue weighted by atomic mass is 10.1. The Morgan fingerprint density at radius 1 is 1.47 bits per heavy atom. The maximum absolute atomic E-state index is 11.9. The monoisotopic (exact) mass is 265 g/mol. The summed E-state index contributed by atoms with van der Waals surface area (Å²) in [6.07, 6.45) is 3.32. The summed E-state index contributed by atoms with van der Waals surface area (Å²) >= 11 is 0. The number of carbonyl (C=O) groups is 2. The number of nitrogens with one attached hydrogen (secondary N) is 1. The molecular formula is C13H19N3O3. The van der Waals surface area contributed by atoms with Gasteiger partial charge in [0, 0.05) is 26.0 Å². The lowest BCUT2D eigenvalue weighted by Gasteiger charge is -2.23. The number of amides is 2. The molecule has 1 rings (SSSR count). The zero-order valence-corrected chi connectivity index (χ0v) is 11.3. The summed E-state index contributed by atoms with van der Waals surface area (Å²) in [5.41, 5.74) is 0.886. The topological polar surface area (TPSA) is 82.5 Å². The highest BCUT2D eigenvalue weighted by Gasteiger charge is 2.24. The van der Waals surface area contributed by atoms with Crippen LogP contribution in [-0.2, 0) is 11.3 Å². The zero-order valence-electron chi connectivity index (χ0n) is 11.3. The lowest BCUT2D eigenvalue weighted by Crippen LogP contribution is -2.48. The number of carboxylic acids is 1. The molecule has 0 aliphatic rings. The van der Waals surface area contributed by atoms with Gasteiger partial charge in [0.1, 0.15) is 6.04 Å². The highest BCUT2D eigenvalue weighted by Crippen LogP contribution is 2.05. The van der Waals surface area contributed by atoms with Crippen LogP contribution in [0.5, 0.6) is 0 Å². The molecule has 0 spiro atoms. The molecule has 0 radical (unpaired) electrons. The van der Waals surface area contributed by atoms with Crippen molar-refractivity contribution in [1.82, 2.24) is 15.2 Å². The number of aromatic nitrogens is 1. The zero-order chi connectivity index (χ0) is 14.4. The van der Waals surface area contributed by atoms with Gasteiger partial charge in [0.2, 0.25) is 0 Å².